The van der Waals surface area contributed by atoms with Gasteiger partial charge in [-0.05, 0) is 55.8 Å². The monoisotopic (exact) mass is 483 g/mol. The smallest absolute Gasteiger partial charge is 0.338 e. The van der Waals surface area contributed by atoms with Gasteiger partial charge in [0.2, 0.25) is 5.91 Å². The molecule has 0 unspecified atom stereocenters. The third-order valence-corrected chi connectivity index (χ3v) is 6.12. The number of hydrogen-bond acceptors (Lipinski definition) is 7. The van der Waals surface area contributed by atoms with Gasteiger partial charge in [0.25, 0.3) is 10.0 Å². The fourth-order valence-electron chi connectivity index (χ4n) is 2.95. The van der Waals surface area contributed by atoms with Crippen molar-refractivity contribution in [1.82, 2.24) is 5.16 Å². The second kappa shape index (κ2) is 10.8. The highest BCUT2D eigenvalue weighted by atomic mass is 32.2. The Bertz CT molecular complexity index is 1310. The molecule has 0 aliphatic rings. The summed E-state index contributed by atoms with van der Waals surface area (Å²) in [4.78, 5) is 23.7. The zero-order valence-corrected chi connectivity index (χ0v) is 19.8. The lowest BCUT2D eigenvalue weighted by Gasteiger charge is -2.09. The number of amides is 1. The van der Waals surface area contributed by atoms with Crippen molar-refractivity contribution in [2.45, 2.75) is 32.1 Å². The summed E-state index contributed by atoms with van der Waals surface area (Å²) in [6.07, 6.45) is 3.69. The summed E-state index contributed by atoms with van der Waals surface area (Å²) in [6.45, 7) is 5.38. The van der Waals surface area contributed by atoms with Crippen LogP contribution in [0.1, 0.15) is 47.6 Å². The van der Waals surface area contributed by atoms with Crippen LogP contribution in [0.15, 0.2) is 57.9 Å². The number of hydrogen-bond donors (Lipinski definition) is 2. The maximum absolute atomic E-state index is 12.8. The number of esters is 1. The quantitative estimate of drug-likeness (QED) is 0.430. The molecule has 178 valence electrons. The van der Waals surface area contributed by atoms with Gasteiger partial charge in [-0.1, -0.05) is 36.4 Å². The molecule has 0 radical (unpaired) electrons. The fourth-order valence-corrected chi connectivity index (χ4v) is 4.00. The van der Waals surface area contributed by atoms with Gasteiger partial charge in [-0.15, -0.1) is 0 Å². The highest BCUT2D eigenvalue weighted by molar-refractivity contribution is 7.92. The summed E-state index contributed by atoms with van der Waals surface area (Å²) in [5, 5.41) is 6.62. The first kappa shape index (κ1) is 24.7. The Labute approximate surface area is 197 Å². The van der Waals surface area contributed by atoms with E-state index in [1.165, 1.54) is 18.2 Å². The predicted molar refractivity (Wildman–Crippen MR) is 129 cm³/mol. The van der Waals surface area contributed by atoms with E-state index < -0.39 is 16.0 Å². The molecule has 34 heavy (non-hydrogen) atoms. The normalized spacial score (nSPS) is 11.4. The summed E-state index contributed by atoms with van der Waals surface area (Å²) in [7, 11) is -3.87. The molecule has 9 nitrogen and oxygen atoms in total. The van der Waals surface area contributed by atoms with E-state index in [-0.39, 0.29) is 28.7 Å². The van der Waals surface area contributed by atoms with Crippen LogP contribution in [-0.4, -0.2) is 32.1 Å². The molecule has 2 N–H and O–H groups in total. The number of aryl methyl sites for hydroxylation is 1. The molecule has 1 aromatic heterocycles. The second-order valence-electron chi connectivity index (χ2n) is 7.22. The molecule has 0 saturated carbocycles. The number of aromatic nitrogens is 1. The van der Waals surface area contributed by atoms with Crippen LogP contribution in [0.2, 0.25) is 0 Å². The van der Waals surface area contributed by atoms with Gasteiger partial charge in [0.05, 0.1) is 17.1 Å². The molecule has 10 heteroatoms. The minimum atomic E-state index is -3.87. The first-order valence-electron chi connectivity index (χ1n) is 10.6. The van der Waals surface area contributed by atoms with Crippen LogP contribution in [0.25, 0.3) is 12.2 Å². The molecule has 1 heterocycles. The third kappa shape index (κ3) is 6.10. The number of nitrogens with one attached hydrogen (secondary N) is 2. The van der Waals surface area contributed by atoms with E-state index in [1.807, 2.05) is 0 Å². The number of carbonyl (C=O) groups is 2. The van der Waals surface area contributed by atoms with Crippen molar-refractivity contribution in [3.8, 4) is 0 Å². The predicted octanol–water partition coefficient (Wildman–Crippen LogP) is 4.48. The van der Waals surface area contributed by atoms with Gasteiger partial charge in [0.1, 0.15) is 11.4 Å². The molecule has 0 aliphatic heterocycles. The number of rotatable bonds is 9. The molecular weight excluding hydrogens is 458 g/mol. The number of anilines is 2. The van der Waals surface area contributed by atoms with E-state index in [4.69, 9.17) is 9.26 Å². The lowest BCUT2D eigenvalue weighted by Crippen LogP contribution is -2.13. The summed E-state index contributed by atoms with van der Waals surface area (Å²) in [5.41, 5.74) is 2.26. The minimum Gasteiger partial charge on any atom is -0.462 e. The van der Waals surface area contributed by atoms with E-state index >= 15 is 0 Å². The molecule has 0 fully saturated rings. The van der Waals surface area contributed by atoms with Gasteiger partial charge in [-0.25, -0.2) is 13.2 Å². The molecule has 0 bridgehead atoms. The largest absolute Gasteiger partial charge is 0.462 e. The Morgan fingerprint density at radius 3 is 2.50 bits per heavy atom. The molecule has 0 spiro atoms. The Morgan fingerprint density at radius 2 is 1.82 bits per heavy atom. The Kier molecular flexibility index (Phi) is 7.85. The van der Waals surface area contributed by atoms with Crippen LogP contribution in [0.4, 0.5) is 11.4 Å². The van der Waals surface area contributed by atoms with Gasteiger partial charge >= 0.3 is 5.97 Å². The van der Waals surface area contributed by atoms with Crippen molar-refractivity contribution in [2.24, 2.45) is 0 Å². The lowest BCUT2D eigenvalue weighted by atomic mass is 10.2. The molecule has 0 atom stereocenters. The zero-order chi connectivity index (χ0) is 24.7. The zero-order valence-electron chi connectivity index (χ0n) is 19.0. The van der Waals surface area contributed by atoms with Gasteiger partial charge in [-0.2, -0.15) is 0 Å². The molecule has 2 aromatic carbocycles. The van der Waals surface area contributed by atoms with E-state index in [2.05, 4.69) is 15.2 Å². The highest BCUT2D eigenvalue weighted by Gasteiger charge is 2.16. The summed E-state index contributed by atoms with van der Waals surface area (Å²) < 4.78 is 38.2. The highest BCUT2D eigenvalue weighted by Crippen LogP contribution is 2.23. The Hall–Kier alpha value is -3.92. The Balaban J connectivity index is 1.74. The topological polar surface area (TPSA) is 128 Å². The second-order valence-corrected chi connectivity index (χ2v) is 8.90. The van der Waals surface area contributed by atoms with Crippen LogP contribution in [-0.2, 0) is 19.6 Å². The van der Waals surface area contributed by atoms with Crippen LogP contribution in [0, 0.1) is 6.92 Å². The molecule has 0 aliphatic carbocycles. The summed E-state index contributed by atoms with van der Waals surface area (Å²) in [6, 6.07) is 12.3. The first-order valence-corrected chi connectivity index (χ1v) is 12.1. The van der Waals surface area contributed by atoms with Gasteiger partial charge < -0.3 is 14.6 Å². The Morgan fingerprint density at radius 1 is 1.09 bits per heavy atom. The van der Waals surface area contributed by atoms with Crippen molar-refractivity contribution in [2.75, 3.05) is 16.6 Å². The summed E-state index contributed by atoms with van der Waals surface area (Å²) in [5.74, 6) is -0.297. The van der Waals surface area contributed by atoms with Crippen LogP contribution < -0.4 is 10.0 Å². The average Bonchev–Trinajstić information content (AvgIpc) is 3.17. The maximum Gasteiger partial charge on any atom is 0.338 e. The third-order valence-electron chi connectivity index (χ3n) is 4.72. The number of nitrogens with zero attached hydrogens (tertiary/aromatic N) is 1. The van der Waals surface area contributed by atoms with Crippen LogP contribution in [0.3, 0.4) is 0 Å². The molecule has 1 amide bonds. The van der Waals surface area contributed by atoms with Crippen molar-refractivity contribution in [3.63, 3.8) is 0 Å². The molecular formula is C24H25N3O6S. The SMILES string of the molecule is CCOC(=O)c1cccc(NS(=O)(=O)c2ccc(/C=C\c3onc(C)c3NC(=O)CC)cc2)c1. The van der Waals surface area contributed by atoms with Gasteiger partial charge in [0, 0.05) is 12.1 Å². The van der Waals surface area contributed by atoms with Crippen LogP contribution in [0.5, 0.6) is 0 Å². The average molecular weight is 484 g/mol. The number of sulfonamides is 1. The minimum absolute atomic E-state index is 0.0533. The van der Waals surface area contributed by atoms with Crippen molar-refractivity contribution in [1.29, 1.82) is 0 Å². The number of ether oxygens (including phenoxy) is 1. The number of carbonyl (C=O) groups excluding carboxylic acids is 2. The first-order chi connectivity index (χ1) is 16.2. The van der Waals surface area contributed by atoms with Gasteiger partial charge in [-0.3, -0.25) is 9.52 Å². The van der Waals surface area contributed by atoms with E-state index in [0.29, 0.717) is 29.1 Å². The summed E-state index contributed by atoms with van der Waals surface area (Å²) >= 11 is 0. The van der Waals surface area contributed by atoms with E-state index in [9.17, 15) is 18.0 Å². The van der Waals surface area contributed by atoms with E-state index in [1.54, 1.807) is 63.3 Å². The molecule has 3 aromatic rings. The lowest BCUT2D eigenvalue weighted by molar-refractivity contribution is -0.115. The molecule has 3 rings (SSSR count). The van der Waals surface area contributed by atoms with E-state index in [0.717, 1.165) is 0 Å². The van der Waals surface area contributed by atoms with Crippen LogP contribution >= 0.6 is 0 Å². The van der Waals surface area contributed by atoms with Crippen molar-refractivity contribution >= 4 is 45.4 Å². The van der Waals surface area contributed by atoms with Crippen molar-refractivity contribution in [3.05, 3.63) is 71.1 Å². The fraction of sp³-hybridized carbons (Fsp3) is 0.208. The van der Waals surface area contributed by atoms with Gasteiger partial charge in [0.15, 0.2) is 5.76 Å². The van der Waals surface area contributed by atoms with Crippen molar-refractivity contribution < 1.29 is 27.3 Å². The standard InChI is InChI=1S/C24H25N3O6S/c1-4-22(28)25-23-16(3)26-33-21(23)14-11-17-9-12-20(13-10-17)34(30,31)27-19-8-6-7-18(15-19)24(29)32-5-2/h6-15,27H,4-5H2,1-3H3,(H,25,28)/b14-11-. The maximum atomic E-state index is 12.8. The number of benzene rings is 2. The molecule has 0 saturated heterocycles.